The van der Waals surface area contributed by atoms with Gasteiger partial charge in [0.05, 0.1) is 23.3 Å². The Labute approximate surface area is 168 Å². The third kappa shape index (κ3) is 4.96. The summed E-state index contributed by atoms with van der Waals surface area (Å²) in [6.07, 6.45) is 0. The first-order chi connectivity index (χ1) is 13.6. The summed E-state index contributed by atoms with van der Waals surface area (Å²) in [5, 5.41) is 11.3. The van der Waals surface area contributed by atoms with Crippen molar-refractivity contribution in [3.05, 3.63) is 47.0 Å². The number of carbonyl (C=O) groups is 2. The Bertz CT molecular complexity index is 1050. The molecule has 0 unspecified atom stereocenters. The van der Waals surface area contributed by atoms with Gasteiger partial charge < -0.3 is 19.9 Å². The molecule has 2 aromatic rings. The molecule has 9 nitrogen and oxygen atoms in total. The van der Waals surface area contributed by atoms with Gasteiger partial charge >= 0.3 is 5.97 Å². The fourth-order valence-electron chi connectivity index (χ4n) is 2.72. The first-order valence-electron chi connectivity index (χ1n) is 8.48. The summed E-state index contributed by atoms with van der Waals surface area (Å²) < 4.78 is 38.7. The predicted octanol–water partition coefficient (Wildman–Crippen LogP) is 1.94. The molecule has 10 heteroatoms. The maximum absolute atomic E-state index is 13.0. The monoisotopic (exact) mass is 422 g/mol. The number of methoxy groups -OCH3 is 1. The lowest BCUT2D eigenvalue weighted by Gasteiger charge is -2.17. The molecule has 0 heterocycles. The maximum atomic E-state index is 13.0. The molecule has 156 valence electrons. The van der Waals surface area contributed by atoms with Crippen LogP contribution in [0.25, 0.3) is 0 Å². The molecule has 0 atom stereocenters. The average molecular weight is 422 g/mol. The van der Waals surface area contributed by atoms with Gasteiger partial charge in [-0.25, -0.2) is 13.2 Å². The Morgan fingerprint density at radius 2 is 1.83 bits per heavy atom. The highest BCUT2D eigenvalue weighted by Crippen LogP contribution is 2.31. The molecular formula is C19H22N2O7S. The number of nitrogens with one attached hydrogen (secondary N) is 2. The van der Waals surface area contributed by atoms with E-state index in [0.717, 1.165) is 0 Å². The number of ether oxygens (including phenoxy) is 2. The lowest BCUT2D eigenvalue weighted by atomic mass is 10.1. The molecule has 0 aliphatic carbocycles. The number of rotatable bonds is 8. The molecule has 0 aliphatic heterocycles. The summed E-state index contributed by atoms with van der Waals surface area (Å²) in [4.78, 5) is 22.9. The first-order valence-corrected chi connectivity index (χ1v) is 9.96. The summed E-state index contributed by atoms with van der Waals surface area (Å²) in [7, 11) is -1.25. The minimum Gasteiger partial charge on any atom is -0.497 e. The van der Waals surface area contributed by atoms with Gasteiger partial charge in [-0.15, -0.1) is 0 Å². The van der Waals surface area contributed by atoms with E-state index in [-0.39, 0.29) is 27.5 Å². The molecular weight excluding hydrogens is 400 g/mol. The molecule has 0 radical (unpaired) electrons. The highest BCUT2D eigenvalue weighted by molar-refractivity contribution is 7.92. The van der Waals surface area contributed by atoms with E-state index in [0.29, 0.717) is 11.3 Å². The SMILES string of the molecule is CNC(=O)c1cc(OC)ccc1NS(=O)(=O)c1ccc(C)c(OCC(=O)O)c1C. The van der Waals surface area contributed by atoms with Gasteiger partial charge in [-0.3, -0.25) is 9.52 Å². The summed E-state index contributed by atoms with van der Waals surface area (Å²) in [5.41, 5.74) is 1.01. The number of aliphatic carboxylic acids is 1. The Kier molecular flexibility index (Phi) is 6.70. The summed E-state index contributed by atoms with van der Waals surface area (Å²) in [5.74, 6) is -1.10. The van der Waals surface area contributed by atoms with Gasteiger partial charge in [0.1, 0.15) is 11.5 Å². The van der Waals surface area contributed by atoms with Gasteiger partial charge in [0.2, 0.25) is 0 Å². The summed E-state index contributed by atoms with van der Waals surface area (Å²) in [6.45, 7) is 2.60. The van der Waals surface area contributed by atoms with Gasteiger partial charge in [-0.05, 0) is 43.7 Å². The number of hydrogen-bond acceptors (Lipinski definition) is 6. The number of benzene rings is 2. The Hall–Kier alpha value is -3.27. The normalized spacial score (nSPS) is 10.9. The molecule has 29 heavy (non-hydrogen) atoms. The van der Waals surface area contributed by atoms with Crippen LogP contribution in [-0.2, 0) is 14.8 Å². The molecule has 3 N–H and O–H groups in total. The van der Waals surface area contributed by atoms with E-state index in [2.05, 4.69) is 10.0 Å². The van der Waals surface area contributed by atoms with Crippen LogP contribution in [0.5, 0.6) is 11.5 Å². The molecule has 0 aliphatic rings. The minimum atomic E-state index is -4.10. The van der Waals surface area contributed by atoms with Crippen LogP contribution in [0.1, 0.15) is 21.5 Å². The van der Waals surface area contributed by atoms with Crippen molar-refractivity contribution in [1.29, 1.82) is 0 Å². The van der Waals surface area contributed by atoms with Crippen molar-refractivity contribution in [2.75, 3.05) is 25.5 Å². The quantitative estimate of drug-likeness (QED) is 0.592. The van der Waals surface area contributed by atoms with Gasteiger partial charge in [-0.1, -0.05) is 6.07 Å². The van der Waals surface area contributed by atoms with Crippen molar-refractivity contribution in [2.24, 2.45) is 0 Å². The number of aryl methyl sites for hydroxylation is 1. The van der Waals surface area contributed by atoms with Crippen molar-refractivity contribution >= 4 is 27.6 Å². The number of amides is 1. The topological polar surface area (TPSA) is 131 Å². The molecule has 1 amide bonds. The second-order valence-electron chi connectivity index (χ2n) is 6.11. The Balaban J connectivity index is 2.48. The highest BCUT2D eigenvalue weighted by atomic mass is 32.2. The van der Waals surface area contributed by atoms with Crippen LogP contribution in [0.15, 0.2) is 35.2 Å². The molecule has 2 aromatic carbocycles. The van der Waals surface area contributed by atoms with E-state index in [1.54, 1.807) is 6.92 Å². The van der Waals surface area contributed by atoms with Crippen LogP contribution < -0.4 is 19.5 Å². The van der Waals surface area contributed by atoms with Crippen molar-refractivity contribution in [1.82, 2.24) is 5.32 Å². The average Bonchev–Trinajstić information content (AvgIpc) is 2.66. The fraction of sp³-hybridized carbons (Fsp3) is 0.263. The largest absolute Gasteiger partial charge is 0.497 e. The minimum absolute atomic E-state index is 0.0677. The lowest BCUT2D eigenvalue weighted by Crippen LogP contribution is -2.22. The van der Waals surface area contributed by atoms with Crippen molar-refractivity contribution in [3.63, 3.8) is 0 Å². The van der Waals surface area contributed by atoms with Crippen LogP contribution in [0, 0.1) is 13.8 Å². The zero-order valence-corrected chi connectivity index (χ0v) is 17.2. The lowest BCUT2D eigenvalue weighted by molar-refractivity contribution is -0.139. The Morgan fingerprint density at radius 1 is 1.14 bits per heavy atom. The van der Waals surface area contributed by atoms with Gasteiger partial charge in [0, 0.05) is 12.6 Å². The third-order valence-corrected chi connectivity index (χ3v) is 5.64. The molecule has 0 spiro atoms. The molecule has 2 rings (SSSR count). The summed E-state index contributed by atoms with van der Waals surface area (Å²) in [6, 6.07) is 7.27. The zero-order chi connectivity index (χ0) is 21.8. The highest BCUT2D eigenvalue weighted by Gasteiger charge is 2.23. The van der Waals surface area contributed by atoms with E-state index in [9.17, 15) is 18.0 Å². The third-order valence-electron chi connectivity index (χ3n) is 4.13. The fourth-order valence-corrected chi connectivity index (χ4v) is 4.04. The van der Waals surface area contributed by atoms with Gasteiger partial charge in [-0.2, -0.15) is 0 Å². The van der Waals surface area contributed by atoms with E-state index >= 15 is 0 Å². The van der Waals surface area contributed by atoms with E-state index < -0.39 is 28.5 Å². The van der Waals surface area contributed by atoms with Crippen LogP contribution >= 0.6 is 0 Å². The molecule has 0 fully saturated rings. The molecule has 0 aromatic heterocycles. The van der Waals surface area contributed by atoms with Crippen LogP contribution in [-0.4, -0.2) is 46.2 Å². The number of hydrogen-bond donors (Lipinski definition) is 3. The first kappa shape index (κ1) is 22.0. The van der Waals surface area contributed by atoms with Gasteiger partial charge in [0.15, 0.2) is 6.61 Å². The number of carboxylic acids is 1. The Morgan fingerprint density at radius 3 is 2.41 bits per heavy atom. The second kappa shape index (κ2) is 8.82. The van der Waals surface area contributed by atoms with Crippen LogP contribution in [0.2, 0.25) is 0 Å². The number of anilines is 1. The van der Waals surface area contributed by atoms with Crippen LogP contribution in [0.3, 0.4) is 0 Å². The van der Waals surface area contributed by atoms with Crippen molar-refractivity contribution in [2.45, 2.75) is 18.7 Å². The second-order valence-corrected chi connectivity index (χ2v) is 7.76. The number of carboxylic acid groups (broad SMARTS) is 1. The number of sulfonamides is 1. The maximum Gasteiger partial charge on any atom is 0.341 e. The van der Waals surface area contributed by atoms with E-state index in [4.69, 9.17) is 14.6 Å². The van der Waals surface area contributed by atoms with E-state index in [1.165, 1.54) is 51.4 Å². The van der Waals surface area contributed by atoms with Crippen LogP contribution in [0.4, 0.5) is 5.69 Å². The summed E-state index contributed by atoms with van der Waals surface area (Å²) >= 11 is 0. The molecule has 0 saturated heterocycles. The number of carbonyl (C=O) groups excluding carboxylic acids is 1. The predicted molar refractivity (Wildman–Crippen MR) is 106 cm³/mol. The van der Waals surface area contributed by atoms with Crippen molar-refractivity contribution in [3.8, 4) is 11.5 Å². The smallest absolute Gasteiger partial charge is 0.341 e. The van der Waals surface area contributed by atoms with Crippen molar-refractivity contribution < 1.29 is 32.6 Å². The molecule has 0 saturated carbocycles. The molecule has 0 bridgehead atoms. The van der Waals surface area contributed by atoms with Gasteiger partial charge in [0.25, 0.3) is 15.9 Å². The zero-order valence-electron chi connectivity index (χ0n) is 16.4. The standard InChI is InChI=1S/C19H22N2O7S/c1-11-5-8-16(12(2)18(11)28-10-17(22)23)29(25,26)21-15-7-6-13(27-4)9-14(15)19(24)20-3/h5-9,21H,10H2,1-4H3,(H,20,24)(H,22,23). The van der Waals surface area contributed by atoms with E-state index in [1.807, 2.05) is 0 Å².